The SMILES string of the molecule is CCCC(=O)Nc1ccc(CN=C(NCC)NC(C)CCCN(CC)CC)cc1. The molecule has 0 aliphatic rings. The molecule has 0 saturated carbocycles. The molecule has 1 aromatic carbocycles. The topological polar surface area (TPSA) is 68.8 Å². The van der Waals surface area contributed by atoms with Gasteiger partial charge in [0, 0.05) is 24.7 Å². The first kappa shape index (κ1) is 25.0. The zero-order chi connectivity index (χ0) is 21.5. The van der Waals surface area contributed by atoms with E-state index >= 15 is 0 Å². The van der Waals surface area contributed by atoms with Crippen molar-refractivity contribution in [3.05, 3.63) is 29.8 Å². The van der Waals surface area contributed by atoms with E-state index in [1.54, 1.807) is 0 Å². The maximum Gasteiger partial charge on any atom is 0.224 e. The normalized spacial score (nSPS) is 12.7. The van der Waals surface area contributed by atoms with E-state index in [1.165, 1.54) is 6.42 Å². The zero-order valence-electron chi connectivity index (χ0n) is 19.1. The number of carbonyl (C=O) groups is 1. The molecule has 0 heterocycles. The Kier molecular flexibility index (Phi) is 12.8. The van der Waals surface area contributed by atoms with Crippen LogP contribution in [0.5, 0.6) is 0 Å². The van der Waals surface area contributed by atoms with Crippen LogP contribution in [0.1, 0.15) is 65.9 Å². The van der Waals surface area contributed by atoms with Gasteiger partial charge in [-0.15, -0.1) is 0 Å². The van der Waals surface area contributed by atoms with Crippen molar-refractivity contribution in [3.63, 3.8) is 0 Å². The van der Waals surface area contributed by atoms with E-state index in [2.05, 4.69) is 48.5 Å². The second-order valence-corrected chi connectivity index (χ2v) is 7.40. The molecule has 1 atom stereocenters. The van der Waals surface area contributed by atoms with Gasteiger partial charge in [-0.1, -0.05) is 32.9 Å². The van der Waals surface area contributed by atoms with Gasteiger partial charge in [0.1, 0.15) is 0 Å². The Morgan fingerprint density at radius 2 is 1.79 bits per heavy atom. The molecule has 1 aromatic rings. The lowest BCUT2D eigenvalue weighted by Gasteiger charge is -2.21. The van der Waals surface area contributed by atoms with E-state index in [-0.39, 0.29) is 5.91 Å². The molecular formula is C23H41N5O. The number of hydrogen-bond acceptors (Lipinski definition) is 3. The van der Waals surface area contributed by atoms with Crippen molar-refractivity contribution in [3.8, 4) is 0 Å². The van der Waals surface area contributed by atoms with Crippen LogP contribution in [0.25, 0.3) is 0 Å². The minimum Gasteiger partial charge on any atom is -0.357 e. The maximum atomic E-state index is 11.7. The van der Waals surface area contributed by atoms with E-state index in [4.69, 9.17) is 4.99 Å². The average molecular weight is 404 g/mol. The van der Waals surface area contributed by atoms with Crippen LogP contribution in [-0.2, 0) is 11.3 Å². The van der Waals surface area contributed by atoms with Gasteiger partial charge in [0.2, 0.25) is 5.91 Å². The number of guanidine groups is 1. The fraction of sp³-hybridized carbons (Fsp3) is 0.652. The van der Waals surface area contributed by atoms with Crippen LogP contribution in [0.3, 0.4) is 0 Å². The third-order valence-corrected chi connectivity index (χ3v) is 4.87. The molecule has 29 heavy (non-hydrogen) atoms. The van der Waals surface area contributed by atoms with Crippen molar-refractivity contribution >= 4 is 17.6 Å². The van der Waals surface area contributed by atoms with E-state index in [1.807, 2.05) is 31.2 Å². The predicted octanol–water partition coefficient (Wildman–Crippen LogP) is 3.99. The summed E-state index contributed by atoms with van der Waals surface area (Å²) < 4.78 is 0. The Morgan fingerprint density at radius 3 is 2.38 bits per heavy atom. The van der Waals surface area contributed by atoms with Crippen LogP contribution in [0.4, 0.5) is 5.69 Å². The predicted molar refractivity (Wildman–Crippen MR) is 124 cm³/mol. The molecule has 6 heteroatoms. The highest BCUT2D eigenvalue weighted by Crippen LogP contribution is 2.11. The third kappa shape index (κ3) is 10.9. The molecule has 0 radical (unpaired) electrons. The van der Waals surface area contributed by atoms with Gasteiger partial charge in [-0.2, -0.15) is 0 Å². The molecule has 0 aliphatic heterocycles. The molecule has 0 spiro atoms. The molecule has 0 aliphatic carbocycles. The van der Waals surface area contributed by atoms with Crippen molar-refractivity contribution in [2.75, 3.05) is 31.5 Å². The Balaban J connectivity index is 2.52. The minimum absolute atomic E-state index is 0.0619. The lowest BCUT2D eigenvalue weighted by molar-refractivity contribution is -0.116. The summed E-state index contributed by atoms with van der Waals surface area (Å²) in [5, 5.41) is 9.76. The van der Waals surface area contributed by atoms with E-state index < -0.39 is 0 Å². The highest BCUT2D eigenvalue weighted by molar-refractivity contribution is 5.90. The Morgan fingerprint density at radius 1 is 1.10 bits per heavy atom. The van der Waals surface area contributed by atoms with Crippen molar-refractivity contribution in [1.29, 1.82) is 0 Å². The molecule has 0 saturated heterocycles. The highest BCUT2D eigenvalue weighted by atomic mass is 16.1. The Labute approximate surface area is 177 Å². The van der Waals surface area contributed by atoms with Crippen molar-refractivity contribution in [2.45, 2.75) is 72.9 Å². The van der Waals surface area contributed by atoms with Crippen LogP contribution in [0.2, 0.25) is 0 Å². The lowest BCUT2D eigenvalue weighted by Crippen LogP contribution is -2.42. The fourth-order valence-electron chi connectivity index (χ4n) is 3.10. The largest absolute Gasteiger partial charge is 0.357 e. The van der Waals surface area contributed by atoms with E-state index in [0.29, 0.717) is 19.0 Å². The minimum atomic E-state index is 0.0619. The van der Waals surface area contributed by atoms with Gasteiger partial charge in [-0.05, 0) is 70.4 Å². The van der Waals surface area contributed by atoms with E-state index in [0.717, 1.165) is 56.2 Å². The molecule has 1 amide bonds. The van der Waals surface area contributed by atoms with Gasteiger partial charge >= 0.3 is 0 Å². The Hall–Kier alpha value is -2.08. The molecule has 3 N–H and O–H groups in total. The summed E-state index contributed by atoms with van der Waals surface area (Å²) in [5.41, 5.74) is 1.95. The summed E-state index contributed by atoms with van der Waals surface area (Å²) in [4.78, 5) is 18.9. The first-order chi connectivity index (χ1) is 14.0. The van der Waals surface area contributed by atoms with Gasteiger partial charge in [0.25, 0.3) is 0 Å². The van der Waals surface area contributed by atoms with Gasteiger partial charge < -0.3 is 20.9 Å². The average Bonchev–Trinajstić information content (AvgIpc) is 2.71. The molecule has 164 valence electrons. The van der Waals surface area contributed by atoms with Gasteiger partial charge in [0.15, 0.2) is 5.96 Å². The number of carbonyl (C=O) groups excluding carboxylic acids is 1. The molecule has 0 fully saturated rings. The summed E-state index contributed by atoms with van der Waals surface area (Å²) >= 11 is 0. The van der Waals surface area contributed by atoms with Crippen molar-refractivity contribution in [2.24, 2.45) is 4.99 Å². The second-order valence-electron chi connectivity index (χ2n) is 7.40. The summed E-state index contributed by atoms with van der Waals surface area (Å²) in [6.45, 7) is 15.5. The number of amides is 1. The number of aliphatic imine (C=N–C) groups is 1. The second kappa shape index (κ2) is 14.9. The number of hydrogen-bond donors (Lipinski definition) is 3. The van der Waals surface area contributed by atoms with Gasteiger partial charge in [-0.25, -0.2) is 4.99 Å². The first-order valence-electron chi connectivity index (χ1n) is 11.2. The summed E-state index contributed by atoms with van der Waals surface area (Å²) in [6, 6.07) is 8.28. The molecule has 0 bridgehead atoms. The third-order valence-electron chi connectivity index (χ3n) is 4.87. The summed E-state index contributed by atoms with van der Waals surface area (Å²) in [5.74, 6) is 0.912. The first-order valence-corrected chi connectivity index (χ1v) is 11.2. The quantitative estimate of drug-likeness (QED) is 0.344. The monoisotopic (exact) mass is 403 g/mol. The zero-order valence-corrected chi connectivity index (χ0v) is 19.1. The fourth-order valence-corrected chi connectivity index (χ4v) is 3.10. The van der Waals surface area contributed by atoms with Crippen molar-refractivity contribution in [1.82, 2.24) is 15.5 Å². The van der Waals surface area contributed by atoms with Crippen LogP contribution >= 0.6 is 0 Å². The molecule has 0 aromatic heterocycles. The maximum absolute atomic E-state index is 11.7. The molecule has 1 rings (SSSR count). The van der Waals surface area contributed by atoms with Crippen LogP contribution in [0.15, 0.2) is 29.3 Å². The summed E-state index contributed by atoms with van der Waals surface area (Å²) in [7, 11) is 0. The summed E-state index contributed by atoms with van der Waals surface area (Å²) in [6.07, 6.45) is 3.71. The van der Waals surface area contributed by atoms with Crippen LogP contribution in [-0.4, -0.2) is 49.0 Å². The smallest absolute Gasteiger partial charge is 0.224 e. The van der Waals surface area contributed by atoms with E-state index in [9.17, 15) is 4.79 Å². The standard InChI is InChI=1S/C23H41N5O/c1-6-11-22(29)27-21-15-13-20(14-16-21)18-25-23(24-7-2)26-19(5)12-10-17-28(8-3)9-4/h13-16,19H,6-12,17-18H2,1-5H3,(H,27,29)(H2,24,25,26). The number of rotatable bonds is 13. The number of nitrogens with zero attached hydrogens (tertiary/aromatic N) is 2. The lowest BCUT2D eigenvalue weighted by atomic mass is 10.2. The highest BCUT2D eigenvalue weighted by Gasteiger charge is 2.07. The van der Waals surface area contributed by atoms with Gasteiger partial charge in [-0.3, -0.25) is 4.79 Å². The molecular weight excluding hydrogens is 362 g/mol. The van der Waals surface area contributed by atoms with Crippen LogP contribution < -0.4 is 16.0 Å². The van der Waals surface area contributed by atoms with Crippen molar-refractivity contribution < 1.29 is 4.79 Å². The number of benzene rings is 1. The molecule has 6 nitrogen and oxygen atoms in total. The van der Waals surface area contributed by atoms with Crippen LogP contribution in [0, 0.1) is 0 Å². The Bertz CT molecular complexity index is 596. The number of nitrogens with one attached hydrogen (secondary N) is 3. The number of anilines is 1. The molecule has 1 unspecified atom stereocenters. The van der Waals surface area contributed by atoms with Gasteiger partial charge in [0.05, 0.1) is 6.54 Å².